The van der Waals surface area contributed by atoms with Crippen molar-refractivity contribution in [3.05, 3.63) is 29.2 Å². The fourth-order valence-electron chi connectivity index (χ4n) is 4.29. The van der Waals surface area contributed by atoms with Gasteiger partial charge in [0.1, 0.15) is 5.56 Å². The Morgan fingerprint density at radius 3 is 2.88 bits per heavy atom. The van der Waals surface area contributed by atoms with Crippen LogP contribution in [0.1, 0.15) is 67.6 Å². The van der Waals surface area contributed by atoms with E-state index < -0.39 is 0 Å². The van der Waals surface area contributed by atoms with Gasteiger partial charge in [0.05, 0.1) is 6.20 Å². The maximum Gasteiger partial charge on any atom is 0.256 e. The predicted molar refractivity (Wildman–Crippen MR) is 93.1 cm³/mol. The number of aromatic nitrogens is 3. The molecular formula is C19H26N4O. The maximum absolute atomic E-state index is 12.8. The van der Waals surface area contributed by atoms with E-state index in [1.54, 1.807) is 6.20 Å². The van der Waals surface area contributed by atoms with E-state index in [0.717, 1.165) is 19.3 Å². The van der Waals surface area contributed by atoms with Gasteiger partial charge in [-0.3, -0.25) is 4.79 Å². The molecule has 24 heavy (non-hydrogen) atoms. The second-order valence-electron chi connectivity index (χ2n) is 7.58. The molecule has 128 valence electrons. The molecule has 0 saturated heterocycles. The fourth-order valence-corrected chi connectivity index (χ4v) is 4.29. The molecule has 0 aliphatic heterocycles. The molecular weight excluding hydrogens is 300 g/mol. The van der Waals surface area contributed by atoms with Crippen molar-refractivity contribution in [2.24, 2.45) is 11.8 Å². The van der Waals surface area contributed by atoms with Gasteiger partial charge in [0.15, 0.2) is 5.65 Å². The van der Waals surface area contributed by atoms with Gasteiger partial charge in [-0.2, -0.15) is 5.10 Å². The van der Waals surface area contributed by atoms with Gasteiger partial charge < -0.3 is 5.32 Å². The van der Waals surface area contributed by atoms with E-state index in [2.05, 4.69) is 29.2 Å². The molecule has 1 amide bonds. The van der Waals surface area contributed by atoms with Gasteiger partial charge >= 0.3 is 0 Å². The molecule has 0 unspecified atom stereocenters. The first-order valence-electron chi connectivity index (χ1n) is 9.30. The third kappa shape index (κ3) is 2.60. The molecule has 1 fully saturated rings. The number of carbonyl (C=O) groups is 1. The van der Waals surface area contributed by atoms with Gasteiger partial charge in [0.25, 0.3) is 5.91 Å². The van der Waals surface area contributed by atoms with Crippen molar-refractivity contribution in [1.29, 1.82) is 0 Å². The highest BCUT2D eigenvalue weighted by Crippen LogP contribution is 2.30. The Morgan fingerprint density at radius 2 is 2.00 bits per heavy atom. The minimum atomic E-state index is -0.0285. The van der Waals surface area contributed by atoms with E-state index in [-0.39, 0.29) is 11.9 Å². The summed E-state index contributed by atoms with van der Waals surface area (Å²) < 4.78 is 1.89. The van der Waals surface area contributed by atoms with Gasteiger partial charge in [0.2, 0.25) is 0 Å². The van der Waals surface area contributed by atoms with Crippen LogP contribution in [-0.2, 0) is 12.8 Å². The first-order valence-corrected chi connectivity index (χ1v) is 9.30. The second-order valence-corrected chi connectivity index (χ2v) is 7.58. The minimum absolute atomic E-state index is 0.0285. The summed E-state index contributed by atoms with van der Waals surface area (Å²) in [5.74, 6) is 1.16. The molecule has 1 saturated carbocycles. The van der Waals surface area contributed by atoms with Crippen LogP contribution in [0.5, 0.6) is 0 Å². The number of rotatable bonds is 2. The highest BCUT2D eigenvalue weighted by atomic mass is 16.1. The predicted octanol–water partition coefficient (Wildman–Crippen LogP) is 3.16. The molecule has 5 nitrogen and oxygen atoms in total. The minimum Gasteiger partial charge on any atom is -0.349 e. The van der Waals surface area contributed by atoms with Crippen LogP contribution in [-0.4, -0.2) is 26.5 Å². The molecule has 5 heteroatoms. The van der Waals surface area contributed by atoms with E-state index in [9.17, 15) is 4.79 Å². The molecule has 0 bridgehead atoms. The van der Waals surface area contributed by atoms with Crippen molar-refractivity contribution < 1.29 is 4.79 Å². The van der Waals surface area contributed by atoms with E-state index in [1.165, 1.54) is 36.9 Å². The van der Waals surface area contributed by atoms with Crippen LogP contribution in [0.3, 0.4) is 0 Å². The molecule has 0 radical (unpaired) electrons. The lowest BCUT2D eigenvalue weighted by Gasteiger charge is -2.34. The zero-order valence-corrected chi connectivity index (χ0v) is 14.6. The van der Waals surface area contributed by atoms with Crippen molar-refractivity contribution in [2.45, 2.75) is 64.8 Å². The Kier molecular flexibility index (Phi) is 4.02. The lowest BCUT2D eigenvalue weighted by molar-refractivity contribution is 0.0892. The highest BCUT2D eigenvalue weighted by molar-refractivity contribution is 5.99. The third-order valence-corrected chi connectivity index (χ3v) is 6.09. The van der Waals surface area contributed by atoms with Crippen LogP contribution >= 0.6 is 0 Å². The Hall–Kier alpha value is -1.91. The average Bonchev–Trinajstić information content (AvgIpc) is 3.03. The number of nitrogens with zero attached hydrogens (tertiary/aromatic N) is 3. The standard InChI is InChI=1S/C19H26N4O/c1-12-6-5-8-16(13(12)2)22-19(24)15-11-21-23-17-9-4-3-7-14(17)10-20-18(15)23/h10-13,16H,3-9H2,1-2H3,(H,22,24)/t12-,13-,16+/m1/s1. The molecule has 2 aliphatic carbocycles. The first-order chi connectivity index (χ1) is 11.6. The summed E-state index contributed by atoms with van der Waals surface area (Å²) in [4.78, 5) is 17.3. The summed E-state index contributed by atoms with van der Waals surface area (Å²) >= 11 is 0. The molecule has 2 aliphatic rings. The average molecular weight is 326 g/mol. The number of fused-ring (bicyclic) bond motifs is 3. The lowest BCUT2D eigenvalue weighted by atomic mass is 9.78. The Morgan fingerprint density at radius 1 is 1.17 bits per heavy atom. The molecule has 2 aromatic heterocycles. The Bertz CT molecular complexity index is 766. The van der Waals surface area contributed by atoms with Crippen LogP contribution in [0.15, 0.2) is 12.4 Å². The smallest absolute Gasteiger partial charge is 0.256 e. The van der Waals surface area contributed by atoms with Gasteiger partial charge in [0, 0.05) is 17.9 Å². The summed E-state index contributed by atoms with van der Waals surface area (Å²) in [5.41, 5.74) is 3.81. The molecule has 1 N–H and O–H groups in total. The summed E-state index contributed by atoms with van der Waals surface area (Å²) in [7, 11) is 0. The van der Waals surface area contributed by atoms with Crippen LogP contribution in [0.4, 0.5) is 0 Å². The highest BCUT2D eigenvalue weighted by Gasteiger charge is 2.29. The van der Waals surface area contributed by atoms with Gasteiger partial charge in [-0.15, -0.1) is 0 Å². The van der Waals surface area contributed by atoms with Crippen LogP contribution in [0, 0.1) is 11.8 Å². The molecule has 0 spiro atoms. The third-order valence-electron chi connectivity index (χ3n) is 6.09. The maximum atomic E-state index is 12.8. The summed E-state index contributed by atoms with van der Waals surface area (Å²) in [6.45, 7) is 4.53. The molecule has 4 rings (SSSR count). The fraction of sp³-hybridized carbons (Fsp3) is 0.632. The quantitative estimate of drug-likeness (QED) is 0.922. The second kappa shape index (κ2) is 6.19. The Balaban J connectivity index is 1.61. The number of amides is 1. The monoisotopic (exact) mass is 326 g/mol. The molecule has 2 aromatic rings. The Labute approximate surface area is 142 Å². The van der Waals surface area contributed by atoms with E-state index in [1.807, 2.05) is 10.7 Å². The zero-order chi connectivity index (χ0) is 16.7. The van der Waals surface area contributed by atoms with E-state index >= 15 is 0 Å². The number of hydrogen-bond acceptors (Lipinski definition) is 3. The van der Waals surface area contributed by atoms with Crippen LogP contribution in [0.2, 0.25) is 0 Å². The number of hydrogen-bond donors (Lipinski definition) is 1. The topological polar surface area (TPSA) is 59.3 Å². The normalized spacial score (nSPS) is 27.0. The van der Waals surface area contributed by atoms with E-state index in [4.69, 9.17) is 0 Å². The lowest BCUT2D eigenvalue weighted by Crippen LogP contribution is -2.43. The largest absolute Gasteiger partial charge is 0.349 e. The first kappa shape index (κ1) is 15.6. The van der Waals surface area contributed by atoms with Crippen molar-refractivity contribution in [3.63, 3.8) is 0 Å². The molecule has 3 atom stereocenters. The van der Waals surface area contributed by atoms with E-state index in [0.29, 0.717) is 23.0 Å². The SMILES string of the molecule is C[C@@H]1[C@H](C)CCC[C@@H]1NC(=O)c1cnn2c3c(cnc12)CCCC3. The van der Waals surface area contributed by atoms with Crippen molar-refractivity contribution in [1.82, 2.24) is 19.9 Å². The number of carbonyl (C=O) groups excluding carboxylic acids is 1. The molecule has 0 aromatic carbocycles. The number of nitrogens with one attached hydrogen (secondary N) is 1. The van der Waals surface area contributed by atoms with Gasteiger partial charge in [-0.05, 0) is 49.5 Å². The van der Waals surface area contributed by atoms with Crippen molar-refractivity contribution >= 4 is 11.6 Å². The zero-order valence-electron chi connectivity index (χ0n) is 14.6. The molecule has 2 heterocycles. The number of aryl methyl sites for hydroxylation is 2. The van der Waals surface area contributed by atoms with Gasteiger partial charge in [-0.1, -0.05) is 26.7 Å². The van der Waals surface area contributed by atoms with Crippen LogP contribution in [0.25, 0.3) is 5.65 Å². The summed E-state index contributed by atoms with van der Waals surface area (Å²) in [6, 6.07) is 0.258. The van der Waals surface area contributed by atoms with Crippen LogP contribution < -0.4 is 5.32 Å². The summed E-state index contributed by atoms with van der Waals surface area (Å²) in [6.07, 6.45) is 11.6. The van der Waals surface area contributed by atoms with Crippen molar-refractivity contribution in [2.75, 3.05) is 0 Å². The van der Waals surface area contributed by atoms with Gasteiger partial charge in [-0.25, -0.2) is 9.50 Å². The van der Waals surface area contributed by atoms with Crippen molar-refractivity contribution in [3.8, 4) is 0 Å². The summed E-state index contributed by atoms with van der Waals surface area (Å²) in [5, 5.41) is 7.71.